The first-order valence-electron chi connectivity index (χ1n) is 6.60. The van der Waals surface area contributed by atoms with Gasteiger partial charge in [-0.2, -0.15) is 5.10 Å². The van der Waals surface area contributed by atoms with Gasteiger partial charge >= 0.3 is 0 Å². The lowest BCUT2D eigenvalue weighted by Crippen LogP contribution is -2.23. The Morgan fingerprint density at radius 1 is 1.39 bits per heavy atom. The van der Waals surface area contributed by atoms with Gasteiger partial charge in [-0.25, -0.2) is 0 Å². The number of benzene rings is 1. The van der Waals surface area contributed by atoms with Crippen LogP contribution in [0.4, 0.5) is 5.69 Å². The number of nitrogens with zero attached hydrogens (tertiary/aromatic N) is 2. The monoisotopic (exact) mass is 241 g/mol. The number of hydrogen-bond acceptors (Lipinski definition) is 2. The molecule has 1 aromatic heterocycles. The van der Waals surface area contributed by atoms with Crippen LogP contribution in [0, 0.1) is 5.92 Å². The van der Waals surface area contributed by atoms with Crippen LogP contribution in [0.3, 0.4) is 0 Å². The third kappa shape index (κ3) is 2.40. The Morgan fingerprint density at radius 2 is 2.28 bits per heavy atom. The minimum absolute atomic E-state index is 0.736. The summed E-state index contributed by atoms with van der Waals surface area (Å²) in [5.41, 5.74) is 4.12. The van der Waals surface area contributed by atoms with Crippen molar-refractivity contribution < 1.29 is 0 Å². The van der Waals surface area contributed by atoms with Crippen molar-refractivity contribution in [3.8, 4) is 0 Å². The molecule has 1 aromatic carbocycles. The molecule has 1 aliphatic heterocycles. The number of anilines is 1. The molecule has 94 valence electrons. The second kappa shape index (κ2) is 4.84. The minimum atomic E-state index is 0.736. The third-order valence-corrected chi connectivity index (χ3v) is 3.71. The van der Waals surface area contributed by atoms with E-state index in [0.29, 0.717) is 0 Å². The fraction of sp³-hybridized carbons (Fsp3) is 0.400. The van der Waals surface area contributed by atoms with E-state index in [-0.39, 0.29) is 0 Å². The molecule has 2 heterocycles. The van der Waals surface area contributed by atoms with Gasteiger partial charge in [0.05, 0.1) is 6.20 Å². The van der Waals surface area contributed by atoms with E-state index in [1.807, 2.05) is 17.9 Å². The Kier molecular flexibility index (Phi) is 3.05. The molecule has 0 fully saturated rings. The maximum atomic E-state index is 4.22. The van der Waals surface area contributed by atoms with E-state index in [4.69, 9.17) is 0 Å². The van der Waals surface area contributed by atoms with E-state index >= 15 is 0 Å². The molecule has 0 radical (unpaired) electrons. The van der Waals surface area contributed by atoms with Crippen LogP contribution in [0.2, 0.25) is 0 Å². The quantitative estimate of drug-likeness (QED) is 0.895. The number of para-hydroxylation sites is 1. The Morgan fingerprint density at radius 3 is 3.11 bits per heavy atom. The van der Waals surface area contributed by atoms with Crippen molar-refractivity contribution in [3.05, 3.63) is 47.8 Å². The Hall–Kier alpha value is -1.77. The number of nitrogens with one attached hydrogen (secondary N) is 1. The van der Waals surface area contributed by atoms with Gasteiger partial charge in [0.1, 0.15) is 0 Å². The summed E-state index contributed by atoms with van der Waals surface area (Å²) in [6.07, 6.45) is 7.65. The lowest BCUT2D eigenvalue weighted by molar-refractivity contribution is 0.496. The van der Waals surface area contributed by atoms with E-state index < -0.39 is 0 Å². The van der Waals surface area contributed by atoms with Gasteiger partial charge in [-0.1, -0.05) is 18.2 Å². The number of aryl methyl sites for hydroxylation is 2. The summed E-state index contributed by atoms with van der Waals surface area (Å²) in [7, 11) is 1.97. The van der Waals surface area contributed by atoms with Crippen LogP contribution >= 0.6 is 0 Å². The summed E-state index contributed by atoms with van der Waals surface area (Å²) in [5.74, 6) is 0.736. The minimum Gasteiger partial charge on any atom is -0.385 e. The second-order valence-electron chi connectivity index (χ2n) is 5.17. The first kappa shape index (κ1) is 11.3. The molecule has 3 nitrogen and oxygen atoms in total. The molecule has 3 rings (SSSR count). The highest BCUT2D eigenvalue weighted by atomic mass is 15.2. The van der Waals surface area contributed by atoms with Crippen molar-refractivity contribution in [2.24, 2.45) is 13.0 Å². The van der Waals surface area contributed by atoms with Crippen LogP contribution in [0.15, 0.2) is 36.7 Å². The van der Waals surface area contributed by atoms with Gasteiger partial charge < -0.3 is 5.32 Å². The summed E-state index contributed by atoms with van der Waals surface area (Å²) < 4.78 is 1.88. The van der Waals surface area contributed by atoms with Crippen LogP contribution < -0.4 is 5.32 Å². The summed E-state index contributed by atoms with van der Waals surface area (Å²) in [6, 6.07) is 8.64. The molecule has 3 heteroatoms. The van der Waals surface area contributed by atoms with Crippen LogP contribution in [0.25, 0.3) is 0 Å². The Labute approximate surface area is 108 Å². The van der Waals surface area contributed by atoms with Crippen molar-refractivity contribution in [2.75, 3.05) is 11.9 Å². The molecule has 0 amide bonds. The third-order valence-electron chi connectivity index (χ3n) is 3.71. The molecular weight excluding hydrogens is 222 g/mol. The summed E-state index contributed by atoms with van der Waals surface area (Å²) in [6.45, 7) is 1.09. The molecule has 2 aromatic rings. The summed E-state index contributed by atoms with van der Waals surface area (Å²) in [5, 5.41) is 7.75. The highest BCUT2D eigenvalue weighted by Gasteiger charge is 2.17. The smallest absolute Gasteiger partial charge is 0.0521 e. The van der Waals surface area contributed by atoms with Gasteiger partial charge in [0.15, 0.2) is 0 Å². The molecule has 1 atom stereocenters. The van der Waals surface area contributed by atoms with Crippen molar-refractivity contribution in [2.45, 2.75) is 19.3 Å². The average molecular weight is 241 g/mol. The fourth-order valence-corrected chi connectivity index (χ4v) is 2.68. The zero-order valence-corrected chi connectivity index (χ0v) is 10.8. The van der Waals surface area contributed by atoms with E-state index in [1.54, 1.807) is 0 Å². The number of fused-ring (bicyclic) bond motifs is 1. The molecule has 1 unspecified atom stereocenters. The predicted octanol–water partition coefficient (Wildman–Crippen LogP) is 2.64. The van der Waals surface area contributed by atoms with Crippen molar-refractivity contribution in [3.63, 3.8) is 0 Å². The topological polar surface area (TPSA) is 29.9 Å². The van der Waals surface area contributed by atoms with Gasteiger partial charge in [-0.3, -0.25) is 4.68 Å². The fourth-order valence-electron chi connectivity index (χ4n) is 2.68. The Bertz CT molecular complexity index is 530. The SMILES string of the molecule is Cn1cc(CCC2CNc3ccccc3C2)cn1. The molecule has 1 aliphatic rings. The van der Waals surface area contributed by atoms with Crippen molar-refractivity contribution in [1.29, 1.82) is 0 Å². The second-order valence-corrected chi connectivity index (χ2v) is 5.17. The average Bonchev–Trinajstić information content (AvgIpc) is 2.82. The molecule has 0 aliphatic carbocycles. The van der Waals surface area contributed by atoms with Crippen LogP contribution in [-0.4, -0.2) is 16.3 Å². The van der Waals surface area contributed by atoms with Crippen molar-refractivity contribution in [1.82, 2.24) is 9.78 Å². The normalized spacial score (nSPS) is 18.2. The van der Waals surface area contributed by atoms with Gasteiger partial charge in [-0.15, -0.1) is 0 Å². The van der Waals surface area contributed by atoms with E-state index in [0.717, 1.165) is 18.9 Å². The Balaban J connectivity index is 1.59. The van der Waals surface area contributed by atoms with Gasteiger partial charge in [0, 0.05) is 25.5 Å². The van der Waals surface area contributed by atoms with Gasteiger partial charge in [0.2, 0.25) is 0 Å². The van der Waals surface area contributed by atoms with E-state index in [2.05, 4.69) is 40.9 Å². The number of aromatic nitrogens is 2. The molecule has 18 heavy (non-hydrogen) atoms. The summed E-state index contributed by atoms with van der Waals surface area (Å²) >= 11 is 0. The van der Waals surface area contributed by atoms with Gasteiger partial charge in [-0.05, 0) is 42.4 Å². The zero-order valence-electron chi connectivity index (χ0n) is 10.8. The first-order chi connectivity index (χ1) is 8.81. The predicted molar refractivity (Wildman–Crippen MR) is 73.7 cm³/mol. The van der Waals surface area contributed by atoms with Gasteiger partial charge in [0.25, 0.3) is 0 Å². The lowest BCUT2D eigenvalue weighted by Gasteiger charge is -2.25. The lowest BCUT2D eigenvalue weighted by atomic mass is 9.90. The molecule has 0 bridgehead atoms. The molecule has 0 spiro atoms. The maximum Gasteiger partial charge on any atom is 0.0521 e. The van der Waals surface area contributed by atoms with Crippen LogP contribution in [0.1, 0.15) is 17.5 Å². The molecule has 1 N–H and O–H groups in total. The largest absolute Gasteiger partial charge is 0.385 e. The standard InChI is InChI=1S/C15H19N3/c1-18-11-13(10-17-18)7-6-12-8-14-4-2-3-5-15(14)16-9-12/h2-5,10-12,16H,6-9H2,1H3. The van der Waals surface area contributed by atoms with E-state index in [1.165, 1.54) is 29.7 Å². The highest BCUT2D eigenvalue weighted by molar-refractivity contribution is 5.53. The van der Waals surface area contributed by atoms with E-state index in [9.17, 15) is 0 Å². The first-order valence-corrected chi connectivity index (χ1v) is 6.60. The molecule has 0 saturated carbocycles. The highest BCUT2D eigenvalue weighted by Crippen LogP contribution is 2.26. The van der Waals surface area contributed by atoms with Crippen LogP contribution in [0.5, 0.6) is 0 Å². The molecule has 0 saturated heterocycles. The van der Waals surface area contributed by atoms with Crippen LogP contribution in [-0.2, 0) is 19.9 Å². The number of hydrogen-bond donors (Lipinski definition) is 1. The zero-order chi connectivity index (χ0) is 12.4. The maximum absolute atomic E-state index is 4.22. The van der Waals surface area contributed by atoms with Crippen molar-refractivity contribution >= 4 is 5.69 Å². The summed E-state index contributed by atoms with van der Waals surface area (Å²) in [4.78, 5) is 0. The number of rotatable bonds is 3. The molecular formula is C15H19N3.